The normalized spacial score (nSPS) is 24.2. The van der Waals surface area contributed by atoms with Crippen molar-refractivity contribution in [3.63, 3.8) is 0 Å². The van der Waals surface area contributed by atoms with Crippen LogP contribution in [0.25, 0.3) is 0 Å². The number of hydrogen-bond acceptors (Lipinski definition) is 2. The SMILES string of the molecule is CCCC1(C(=O)NC(CC)(CC)CC)CCCN1. The van der Waals surface area contributed by atoms with Gasteiger partial charge in [0.25, 0.3) is 0 Å². The van der Waals surface area contributed by atoms with E-state index < -0.39 is 0 Å². The van der Waals surface area contributed by atoms with Crippen molar-refractivity contribution in [2.45, 2.75) is 83.7 Å². The Bertz CT molecular complexity index is 257. The van der Waals surface area contributed by atoms with Crippen LogP contribution < -0.4 is 10.6 Å². The van der Waals surface area contributed by atoms with E-state index in [1.54, 1.807) is 0 Å². The molecule has 1 aliphatic rings. The second kappa shape index (κ2) is 6.55. The molecule has 3 nitrogen and oxygen atoms in total. The maximum absolute atomic E-state index is 12.7. The second-order valence-electron chi connectivity index (χ2n) is 5.66. The van der Waals surface area contributed by atoms with Gasteiger partial charge in [-0.2, -0.15) is 0 Å². The molecule has 0 radical (unpaired) electrons. The number of hydrogen-bond donors (Lipinski definition) is 2. The monoisotopic (exact) mass is 254 g/mol. The molecule has 1 rings (SSSR count). The zero-order chi connectivity index (χ0) is 13.6. The lowest BCUT2D eigenvalue weighted by Gasteiger charge is -2.37. The molecule has 106 valence electrons. The Kier molecular flexibility index (Phi) is 5.64. The minimum absolute atomic E-state index is 0.0118. The zero-order valence-electron chi connectivity index (χ0n) is 12.6. The van der Waals surface area contributed by atoms with E-state index in [0.29, 0.717) is 0 Å². The lowest BCUT2D eigenvalue weighted by Crippen LogP contribution is -2.59. The third-order valence-electron chi connectivity index (χ3n) is 4.76. The summed E-state index contributed by atoms with van der Waals surface area (Å²) in [5, 5.41) is 6.80. The van der Waals surface area contributed by atoms with E-state index in [4.69, 9.17) is 0 Å². The fourth-order valence-electron chi connectivity index (χ4n) is 3.13. The van der Waals surface area contributed by atoms with Crippen molar-refractivity contribution >= 4 is 5.91 Å². The van der Waals surface area contributed by atoms with Crippen molar-refractivity contribution in [1.82, 2.24) is 10.6 Å². The minimum Gasteiger partial charge on any atom is -0.349 e. The Morgan fingerprint density at radius 1 is 1.22 bits per heavy atom. The Morgan fingerprint density at radius 2 is 1.83 bits per heavy atom. The van der Waals surface area contributed by atoms with Gasteiger partial charge in [-0.05, 0) is 45.1 Å². The van der Waals surface area contributed by atoms with Crippen LogP contribution in [0.3, 0.4) is 0 Å². The number of amides is 1. The van der Waals surface area contributed by atoms with Gasteiger partial charge in [-0.3, -0.25) is 4.79 Å². The van der Waals surface area contributed by atoms with E-state index in [-0.39, 0.29) is 17.0 Å². The predicted molar refractivity (Wildman–Crippen MR) is 76.6 cm³/mol. The first-order chi connectivity index (χ1) is 8.58. The van der Waals surface area contributed by atoms with Crippen molar-refractivity contribution in [3.8, 4) is 0 Å². The van der Waals surface area contributed by atoms with Gasteiger partial charge < -0.3 is 10.6 Å². The average molecular weight is 254 g/mol. The molecule has 2 N–H and O–H groups in total. The fourth-order valence-corrected chi connectivity index (χ4v) is 3.13. The lowest BCUT2D eigenvalue weighted by molar-refractivity contribution is -0.129. The molecule has 0 saturated carbocycles. The number of rotatable bonds is 7. The van der Waals surface area contributed by atoms with Crippen molar-refractivity contribution in [2.24, 2.45) is 0 Å². The summed E-state index contributed by atoms with van der Waals surface area (Å²) < 4.78 is 0. The molecule has 0 aliphatic carbocycles. The van der Waals surface area contributed by atoms with Crippen LogP contribution in [-0.2, 0) is 4.79 Å². The van der Waals surface area contributed by atoms with Gasteiger partial charge >= 0.3 is 0 Å². The number of carbonyl (C=O) groups is 1. The summed E-state index contributed by atoms with van der Waals surface area (Å²) in [6, 6.07) is 0. The number of carbonyl (C=O) groups excluding carboxylic acids is 1. The molecule has 18 heavy (non-hydrogen) atoms. The molecule has 0 aromatic carbocycles. The fraction of sp³-hybridized carbons (Fsp3) is 0.933. The molecular formula is C15H30N2O. The average Bonchev–Trinajstić information content (AvgIpc) is 2.86. The zero-order valence-corrected chi connectivity index (χ0v) is 12.6. The van der Waals surface area contributed by atoms with Gasteiger partial charge in [0.1, 0.15) is 0 Å². The summed E-state index contributed by atoms with van der Waals surface area (Å²) in [4.78, 5) is 12.7. The second-order valence-corrected chi connectivity index (χ2v) is 5.66. The molecule has 0 aromatic rings. The van der Waals surface area contributed by atoms with Crippen LogP contribution in [0.1, 0.15) is 72.6 Å². The Labute approximate surface area is 112 Å². The molecule has 0 bridgehead atoms. The first-order valence-corrected chi connectivity index (χ1v) is 7.65. The van der Waals surface area contributed by atoms with Crippen molar-refractivity contribution in [2.75, 3.05) is 6.54 Å². The highest BCUT2D eigenvalue weighted by Crippen LogP contribution is 2.28. The molecular weight excluding hydrogens is 224 g/mol. The van der Waals surface area contributed by atoms with Crippen molar-refractivity contribution in [1.29, 1.82) is 0 Å². The van der Waals surface area contributed by atoms with E-state index in [9.17, 15) is 4.79 Å². The van der Waals surface area contributed by atoms with Gasteiger partial charge in [0.15, 0.2) is 0 Å². The van der Waals surface area contributed by atoms with Crippen molar-refractivity contribution in [3.05, 3.63) is 0 Å². The quantitative estimate of drug-likeness (QED) is 0.733. The first kappa shape index (κ1) is 15.5. The van der Waals surface area contributed by atoms with Crippen LogP contribution in [0.4, 0.5) is 0 Å². The predicted octanol–water partition coefficient (Wildman–Crippen LogP) is 2.99. The molecule has 1 fully saturated rings. The summed E-state index contributed by atoms with van der Waals surface area (Å²) in [5.41, 5.74) is -0.304. The Balaban J connectivity index is 2.78. The van der Waals surface area contributed by atoms with Crippen LogP contribution in [0.15, 0.2) is 0 Å². The van der Waals surface area contributed by atoms with Crippen LogP contribution >= 0.6 is 0 Å². The maximum Gasteiger partial charge on any atom is 0.240 e. The Hall–Kier alpha value is -0.570. The van der Waals surface area contributed by atoms with Gasteiger partial charge in [-0.25, -0.2) is 0 Å². The van der Waals surface area contributed by atoms with Gasteiger partial charge in [-0.15, -0.1) is 0 Å². The Morgan fingerprint density at radius 3 is 2.22 bits per heavy atom. The van der Waals surface area contributed by atoms with Crippen LogP contribution in [-0.4, -0.2) is 23.5 Å². The van der Waals surface area contributed by atoms with Gasteiger partial charge in [0.05, 0.1) is 5.54 Å². The topological polar surface area (TPSA) is 41.1 Å². The van der Waals surface area contributed by atoms with Crippen LogP contribution in [0.5, 0.6) is 0 Å². The molecule has 1 unspecified atom stereocenters. The number of nitrogens with one attached hydrogen (secondary N) is 2. The molecule has 0 spiro atoms. The van der Waals surface area contributed by atoms with E-state index in [0.717, 1.165) is 51.5 Å². The summed E-state index contributed by atoms with van der Waals surface area (Å²) in [6.07, 6.45) is 7.13. The summed E-state index contributed by atoms with van der Waals surface area (Å²) in [6.45, 7) is 9.64. The van der Waals surface area contributed by atoms with E-state index in [1.807, 2.05) is 0 Å². The van der Waals surface area contributed by atoms with Crippen LogP contribution in [0.2, 0.25) is 0 Å². The molecule has 0 aromatic heterocycles. The highest BCUT2D eigenvalue weighted by molar-refractivity contribution is 5.87. The summed E-state index contributed by atoms with van der Waals surface area (Å²) >= 11 is 0. The van der Waals surface area contributed by atoms with Crippen molar-refractivity contribution < 1.29 is 4.79 Å². The maximum atomic E-state index is 12.7. The summed E-state index contributed by atoms with van der Waals surface area (Å²) in [7, 11) is 0. The van der Waals surface area contributed by atoms with Gasteiger partial charge in [0.2, 0.25) is 5.91 Å². The van der Waals surface area contributed by atoms with Gasteiger partial charge in [0, 0.05) is 5.54 Å². The lowest BCUT2D eigenvalue weighted by atomic mass is 9.85. The minimum atomic E-state index is -0.292. The van der Waals surface area contributed by atoms with E-state index in [1.165, 1.54) is 0 Å². The third-order valence-corrected chi connectivity index (χ3v) is 4.76. The highest BCUT2D eigenvalue weighted by atomic mass is 16.2. The molecule has 1 heterocycles. The first-order valence-electron chi connectivity index (χ1n) is 7.65. The molecule has 3 heteroatoms. The third kappa shape index (κ3) is 3.05. The molecule has 1 saturated heterocycles. The molecule has 1 amide bonds. The van der Waals surface area contributed by atoms with E-state index >= 15 is 0 Å². The molecule has 1 atom stereocenters. The smallest absolute Gasteiger partial charge is 0.240 e. The summed E-state index contributed by atoms with van der Waals surface area (Å²) in [5.74, 6) is 0.229. The highest BCUT2D eigenvalue weighted by Gasteiger charge is 2.42. The van der Waals surface area contributed by atoms with Gasteiger partial charge in [-0.1, -0.05) is 34.1 Å². The van der Waals surface area contributed by atoms with E-state index in [2.05, 4.69) is 38.3 Å². The largest absolute Gasteiger partial charge is 0.349 e. The standard InChI is InChI=1S/C15H30N2O/c1-5-10-15(11-9-12-16-15)13(18)17-14(6-2,7-3)8-4/h16H,5-12H2,1-4H3,(H,17,18). The van der Waals surface area contributed by atoms with Crippen LogP contribution in [0, 0.1) is 0 Å². The molecule has 1 aliphatic heterocycles.